The monoisotopic (exact) mass is 823 g/mol. The fraction of sp³-hybridized carbons (Fsp3) is 0.192. The van der Waals surface area contributed by atoms with E-state index in [1.54, 1.807) is 24.3 Å². The maximum atomic E-state index is 13.7. The van der Waals surface area contributed by atoms with Crippen LogP contribution in [0.25, 0.3) is 33.4 Å². The van der Waals surface area contributed by atoms with Crippen molar-refractivity contribution in [2.75, 3.05) is 0 Å². The van der Waals surface area contributed by atoms with Gasteiger partial charge in [-0.05, 0) is 85.2 Å². The van der Waals surface area contributed by atoms with Crippen LogP contribution in [0.15, 0.2) is 170 Å². The lowest BCUT2D eigenvalue weighted by Gasteiger charge is -2.37. The molecule has 4 nitrogen and oxygen atoms in total. The van der Waals surface area contributed by atoms with Gasteiger partial charge in [-0.1, -0.05) is 187 Å². The van der Waals surface area contributed by atoms with Gasteiger partial charge in [0.05, 0.1) is 5.41 Å². The first-order chi connectivity index (χ1) is 28.3. The van der Waals surface area contributed by atoms with Gasteiger partial charge in [-0.2, -0.15) is 21.6 Å². The molecule has 0 aliphatic rings. The van der Waals surface area contributed by atoms with Gasteiger partial charge in [-0.25, -0.2) is 0 Å². The zero-order valence-electron chi connectivity index (χ0n) is 34.3. The second-order valence-corrected chi connectivity index (χ2v) is 18.6. The SMILES string of the molecule is CC(C)(C)c1cc(-c2ccc(-c3cc(-c4ccc(C(c5ccccc5)(c5ccccc5)c5ccccc5)cc4)ccc3OS(=O)(=O)C(F)(F)F)cc2)cc(C(C)(C)C)c1[O]. The van der Waals surface area contributed by atoms with Gasteiger partial charge in [-0.3, -0.25) is 5.11 Å². The van der Waals surface area contributed by atoms with E-state index in [0.29, 0.717) is 22.3 Å². The molecule has 305 valence electrons. The number of benzene rings is 7. The number of alkyl halides is 3. The molecule has 1 radical (unpaired) electrons. The Morgan fingerprint density at radius 3 is 1.22 bits per heavy atom. The molecule has 60 heavy (non-hydrogen) atoms. The fourth-order valence-corrected chi connectivity index (χ4v) is 8.38. The average Bonchev–Trinajstić information content (AvgIpc) is 3.22. The van der Waals surface area contributed by atoms with Crippen LogP contribution >= 0.6 is 0 Å². The molecule has 0 spiro atoms. The van der Waals surface area contributed by atoms with Gasteiger partial charge in [-0.15, -0.1) is 0 Å². The minimum absolute atomic E-state index is 0.00114. The third kappa shape index (κ3) is 8.09. The Bertz CT molecular complexity index is 2580. The van der Waals surface area contributed by atoms with Crippen molar-refractivity contribution in [2.45, 2.75) is 63.3 Å². The smallest absolute Gasteiger partial charge is 0.375 e. The summed E-state index contributed by atoms with van der Waals surface area (Å²) in [5, 5.41) is 13.6. The number of halogens is 3. The molecule has 0 bridgehead atoms. The highest BCUT2D eigenvalue weighted by molar-refractivity contribution is 7.88. The zero-order valence-corrected chi connectivity index (χ0v) is 35.2. The van der Waals surface area contributed by atoms with Crippen molar-refractivity contribution in [3.63, 3.8) is 0 Å². The molecule has 0 aromatic heterocycles. The summed E-state index contributed by atoms with van der Waals surface area (Å²) in [5.74, 6) is -0.462. The van der Waals surface area contributed by atoms with E-state index in [9.17, 15) is 26.7 Å². The summed E-state index contributed by atoms with van der Waals surface area (Å²) < 4.78 is 70.5. The van der Waals surface area contributed by atoms with Gasteiger partial charge in [0.2, 0.25) is 0 Å². The highest BCUT2D eigenvalue weighted by atomic mass is 32.2. The Labute approximate surface area is 351 Å². The van der Waals surface area contributed by atoms with E-state index in [1.165, 1.54) is 6.07 Å². The van der Waals surface area contributed by atoms with Crippen molar-refractivity contribution >= 4 is 10.1 Å². The van der Waals surface area contributed by atoms with Crippen molar-refractivity contribution in [3.05, 3.63) is 203 Å². The van der Waals surface area contributed by atoms with E-state index in [2.05, 4.69) is 48.5 Å². The second kappa shape index (κ2) is 15.8. The molecule has 0 saturated carbocycles. The number of hydrogen-bond donors (Lipinski definition) is 0. The summed E-state index contributed by atoms with van der Waals surface area (Å²) in [4.78, 5) is 0. The standard InChI is InChI=1S/C52H46F3O4S/c1-49(2,3)45-33-39(34-46(48(45)56)50(4,5)6)36-22-24-37(25-23-36)44-32-38(28-31-47(44)59-60(57,58)52(53,54)55)35-26-29-43(30-27-35)51(40-16-10-7-11-17-40,41-18-12-8-13-19-41)42-20-14-9-15-21-42/h7-34H,1-6H3. The highest BCUT2D eigenvalue weighted by Crippen LogP contribution is 2.47. The lowest BCUT2D eigenvalue weighted by atomic mass is 9.65. The molecule has 7 aromatic rings. The van der Waals surface area contributed by atoms with Crippen molar-refractivity contribution < 1.29 is 30.9 Å². The molecule has 0 N–H and O–H groups in total. The molecule has 0 atom stereocenters. The van der Waals surface area contributed by atoms with Gasteiger partial charge >= 0.3 is 15.6 Å². The molecule has 8 heteroatoms. The van der Waals surface area contributed by atoms with E-state index in [0.717, 1.165) is 38.9 Å². The summed E-state index contributed by atoms with van der Waals surface area (Å²) in [7, 11) is -5.98. The first-order valence-electron chi connectivity index (χ1n) is 19.7. The van der Waals surface area contributed by atoms with Crippen LogP contribution in [0.1, 0.15) is 74.9 Å². The molecular weight excluding hydrogens is 778 g/mol. The van der Waals surface area contributed by atoms with Gasteiger partial charge in [0.1, 0.15) is 0 Å². The van der Waals surface area contributed by atoms with Crippen LogP contribution in [-0.2, 0) is 31.5 Å². The molecule has 0 aliphatic heterocycles. The van der Waals surface area contributed by atoms with Gasteiger partial charge in [0.25, 0.3) is 0 Å². The van der Waals surface area contributed by atoms with Gasteiger partial charge in [0.15, 0.2) is 11.5 Å². The van der Waals surface area contributed by atoms with Crippen molar-refractivity contribution in [1.29, 1.82) is 0 Å². The molecule has 0 aliphatic carbocycles. The summed E-state index contributed by atoms with van der Waals surface area (Å²) in [6.45, 7) is 12.0. The Hall–Kier alpha value is -6.12. The molecule has 0 heterocycles. The van der Waals surface area contributed by atoms with Gasteiger partial charge in [0, 0.05) is 16.7 Å². The molecule has 0 fully saturated rings. The maximum absolute atomic E-state index is 13.7. The molecule has 0 unspecified atom stereocenters. The van der Waals surface area contributed by atoms with E-state index in [-0.39, 0.29) is 11.3 Å². The zero-order chi connectivity index (χ0) is 43.1. The maximum Gasteiger partial charge on any atom is 0.534 e. The third-order valence-electron chi connectivity index (χ3n) is 11.0. The number of hydrogen-bond acceptors (Lipinski definition) is 3. The Morgan fingerprint density at radius 1 is 0.433 bits per heavy atom. The van der Waals surface area contributed by atoms with Gasteiger partial charge < -0.3 is 4.18 Å². The van der Waals surface area contributed by atoms with Crippen molar-refractivity contribution in [1.82, 2.24) is 0 Å². The lowest BCUT2D eigenvalue weighted by molar-refractivity contribution is -0.0499. The van der Waals surface area contributed by atoms with Crippen molar-refractivity contribution in [3.8, 4) is 44.9 Å². The Kier molecular flexibility index (Phi) is 11.1. The molecule has 0 saturated heterocycles. The topological polar surface area (TPSA) is 63.3 Å². The first kappa shape index (κ1) is 42.0. The van der Waals surface area contributed by atoms with Crippen LogP contribution < -0.4 is 4.18 Å². The number of rotatable bonds is 9. The van der Waals surface area contributed by atoms with E-state index in [1.807, 2.05) is 133 Å². The van der Waals surface area contributed by atoms with Crippen molar-refractivity contribution in [2.24, 2.45) is 0 Å². The molecule has 7 rings (SSSR count). The minimum Gasteiger partial charge on any atom is -0.375 e. The lowest BCUT2D eigenvalue weighted by Crippen LogP contribution is -2.30. The predicted octanol–water partition coefficient (Wildman–Crippen LogP) is 14.0. The van der Waals surface area contributed by atoms with E-state index in [4.69, 9.17) is 4.18 Å². The average molecular weight is 824 g/mol. The summed E-state index contributed by atoms with van der Waals surface area (Å²) in [6.07, 6.45) is 0. The van der Waals surface area contributed by atoms with Crippen LogP contribution in [0.5, 0.6) is 11.5 Å². The minimum atomic E-state index is -5.98. The summed E-state index contributed by atoms with van der Waals surface area (Å²) in [6, 6.07) is 54.2. The second-order valence-electron chi connectivity index (χ2n) is 17.1. The quantitative estimate of drug-likeness (QED) is 0.0827. The fourth-order valence-electron chi connectivity index (χ4n) is 7.90. The third-order valence-corrected chi connectivity index (χ3v) is 11.9. The first-order valence-corrected chi connectivity index (χ1v) is 21.1. The predicted molar refractivity (Wildman–Crippen MR) is 234 cm³/mol. The van der Waals surface area contributed by atoms with Crippen LogP contribution in [0, 0.1) is 0 Å². The highest BCUT2D eigenvalue weighted by Gasteiger charge is 2.49. The normalized spacial score (nSPS) is 12.6. The van der Waals surface area contributed by atoms with Crippen LogP contribution in [-0.4, -0.2) is 13.9 Å². The van der Waals surface area contributed by atoms with E-state index >= 15 is 0 Å². The molecular formula is C52H46F3O4S. The summed E-state index contributed by atoms with van der Waals surface area (Å²) >= 11 is 0. The van der Waals surface area contributed by atoms with Crippen LogP contribution in [0.4, 0.5) is 13.2 Å². The van der Waals surface area contributed by atoms with Crippen LogP contribution in [0.3, 0.4) is 0 Å². The summed E-state index contributed by atoms with van der Waals surface area (Å²) in [5.41, 5.74) is 1.99. The van der Waals surface area contributed by atoms with E-state index < -0.39 is 37.6 Å². The largest absolute Gasteiger partial charge is 0.534 e. The Morgan fingerprint density at radius 2 is 0.800 bits per heavy atom. The molecule has 0 amide bonds. The van der Waals surface area contributed by atoms with Crippen LogP contribution in [0.2, 0.25) is 0 Å². The Balaban J connectivity index is 1.35. The molecule has 7 aromatic carbocycles.